The van der Waals surface area contributed by atoms with E-state index in [4.69, 9.17) is 5.11 Å². The molecule has 2 N–H and O–H groups in total. The third-order valence-corrected chi connectivity index (χ3v) is 5.36. The van der Waals surface area contributed by atoms with Gasteiger partial charge in [-0.3, -0.25) is 4.72 Å². The molecule has 0 aliphatic rings. The Labute approximate surface area is 120 Å². The van der Waals surface area contributed by atoms with Crippen LogP contribution in [0.5, 0.6) is 0 Å². The van der Waals surface area contributed by atoms with Gasteiger partial charge >= 0.3 is 5.97 Å². The van der Waals surface area contributed by atoms with Gasteiger partial charge in [-0.15, -0.1) is 11.3 Å². The molecular weight excluding hydrogens is 298 g/mol. The quantitative estimate of drug-likeness (QED) is 0.909. The maximum atomic E-state index is 12.3. The number of rotatable bonds is 4. The minimum atomic E-state index is -3.80. The van der Waals surface area contributed by atoms with Crippen molar-refractivity contribution in [1.29, 1.82) is 0 Å². The van der Waals surface area contributed by atoms with E-state index in [9.17, 15) is 13.2 Å². The Morgan fingerprint density at radius 2 is 1.95 bits per heavy atom. The van der Waals surface area contributed by atoms with Crippen LogP contribution in [0.3, 0.4) is 0 Å². The summed E-state index contributed by atoms with van der Waals surface area (Å²) >= 11 is 0.974. The van der Waals surface area contributed by atoms with E-state index in [1.54, 1.807) is 13.0 Å². The van der Waals surface area contributed by atoms with Crippen molar-refractivity contribution in [2.45, 2.75) is 18.7 Å². The standard InChI is InChI=1S/C13H13NO4S2/c1-8-4-3-5-11(9(8)2)20(17,18)14-10-6-7-19-12(10)13(15)16/h3-7,14H,1-2H3,(H,15,16). The number of hydrogen-bond donors (Lipinski definition) is 2. The number of carbonyl (C=O) groups is 1. The molecule has 0 spiro atoms. The van der Waals surface area contributed by atoms with Crippen molar-refractivity contribution in [3.63, 3.8) is 0 Å². The second-order valence-corrected chi connectivity index (χ2v) is 6.84. The topological polar surface area (TPSA) is 83.5 Å². The molecular formula is C13H13NO4S2. The molecule has 2 rings (SSSR count). The highest BCUT2D eigenvalue weighted by Gasteiger charge is 2.21. The third kappa shape index (κ3) is 2.68. The van der Waals surface area contributed by atoms with Gasteiger partial charge in [0.15, 0.2) is 0 Å². The monoisotopic (exact) mass is 311 g/mol. The molecule has 0 saturated carbocycles. The van der Waals surface area contributed by atoms with Gasteiger partial charge in [0.1, 0.15) is 4.88 Å². The summed E-state index contributed by atoms with van der Waals surface area (Å²) in [6.45, 7) is 3.54. The second kappa shape index (κ2) is 5.26. The van der Waals surface area contributed by atoms with Gasteiger partial charge in [-0.1, -0.05) is 12.1 Å². The van der Waals surface area contributed by atoms with Crippen molar-refractivity contribution in [1.82, 2.24) is 0 Å². The molecule has 20 heavy (non-hydrogen) atoms. The third-order valence-electron chi connectivity index (χ3n) is 2.95. The first kappa shape index (κ1) is 14.5. The number of hydrogen-bond acceptors (Lipinski definition) is 4. The number of anilines is 1. The zero-order chi connectivity index (χ0) is 14.9. The van der Waals surface area contributed by atoms with Crippen molar-refractivity contribution in [3.05, 3.63) is 45.6 Å². The number of sulfonamides is 1. The average molecular weight is 311 g/mol. The highest BCUT2D eigenvalue weighted by Crippen LogP contribution is 2.26. The summed E-state index contributed by atoms with van der Waals surface area (Å²) < 4.78 is 27.0. The van der Waals surface area contributed by atoms with Gasteiger partial charge in [0, 0.05) is 0 Å². The molecule has 0 fully saturated rings. The van der Waals surface area contributed by atoms with Crippen molar-refractivity contribution in [3.8, 4) is 0 Å². The highest BCUT2D eigenvalue weighted by molar-refractivity contribution is 7.92. The number of carboxylic acid groups (broad SMARTS) is 1. The molecule has 0 aliphatic carbocycles. The fourth-order valence-electron chi connectivity index (χ4n) is 1.77. The van der Waals surface area contributed by atoms with Crippen LogP contribution in [0.25, 0.3) is 0 Å². The predicted molar refractivity (Wildman–Crippen MR) is 78.0 cm³/mol. The lowest BCUT2D eigenvalue weighted by atomic mass is 10.1. The summed E-state index contributed by atoms with van der Waals surface area (Å²) in [6, 6.07) is 6.42. The lowest BCUT2D eigenvalue weighted by Gasteiger charge is -2.11. The van der Waals surface area contributed by atoms with Crippen LogP contribution in [0.15, 0.2) is 34.5 Å². The van der Waals surface area contributed by atoms with Crippen LogP contribution < -0.4 is 4.72 Å². The van der Waals surface area contributed by atoms with E-state index in [2.05, 4.69) is 4.72 Å². The van der Waals surface area contributed by atoms with Gasteiger partial charge in [-0.25, -0.2) is 13.2 Å². The predicted octanol–water partition coefficient (Wildman–Crippen LogP) is 2.86. The number of carboxylic acids is 1. The Morgan fingerprint density at radius 3 is 2.60 bits per heavy atom. The minimum absolute atomic E-state index is 0.0288. The molecule has 0 amide bonds. The molecule has 0 bridgehead atoms. The summed E-state index contributed by atoms with van der Waals surface area (Å²) in [5, 5.41) is 10.5. The first-order valence-electron chi connectivity index (χ1n) is 5.73. The lowest BCUT2D eigenvalue weighted by Crippen LogP contribution is -2.15. The van der Waals surface area contributed by atoms with Crippen LogP contribution in [0.4, 0.5) is 5.69 Å². The molecule has 106 valence electrons. The normalized spacial score (nSPS) is 11.3. The van der Waals surface area contributed by atoms with Crippen LogP contribution in [-0.2, 0) is 10.0 Å². The second-order valence-electron chi connectivity index (χ2n) is 4.27. The van der Waals surface area contributed by atoms with Crippen molar-refractivity contribution < 1.29 is 18.3 Å². The van der Waals surface area contributed by atoms with E-state index in [0.29, 0.717) is 5.56 Å². The lowest BCUT2D eigenvalue weighted by molar-refractivity contribution is 0.0703. The summed E-state index contributed by atoms with van der Waals surface area (Å²) in [4.78, 5) is 11.1. The highest BCUT2D eigenvalue weighted by atomic mass is 32.2. The zero-order valence-electron chi connectivity index (χ0n) is 10.9. The van der Waals surface area contributed by atoms with Crippen LogP contribution >= 0.6 is 11.3 Å². The summed E-state index contributed by atoms with van der Waals surface area (Å²) in [7, 11) is -3.80. The first-order valence-corrected chi connectivity index (χ1v) is 8.09. The Balaban J connectivity index is 2.44. The fraction of sp³-hybridized carbons (Fsp3) is 0.154. The molecule has 1 heterocycles. The van der Waals surface area contributed by atoms with Crippen LogP contribution in [0.1, 0.15) is 20.8 Å². The van der Waals surface area contributed by atoms with Gasteiger partial charge < -0.3 is 5.11 Å². The van der Waals surface area contributed by atoms with Crippen LogP contribution in [0, 0.1) is 13.8 Å². The van der Waals surface area contributed by atoms with E-state index in [1.165, 1.54) is 17.5 Å². The van der Waals surface area contributed by atoms with Crippen molar-refractivity contribution in [2.75, 3.05) is 4.72 Å². The smallest absolute Gasteiger partial charge is 0.348 e. The Kier molecular flexibility index (Phi) is 3.82. The molecule has 2 aromatic rings. The molecule has 0 unspecified atom stereocenters. The molecule has 0 radical (unpaired) electrons. The van der Waals surface area contributed by atoms with E-state index < -0.39 is 16.0 Å². The largest absolute Gasteiger partial charge is 0.477 e. The molecule has 0 aliphatic heterocycles. The maximum Gasteiger partial charge on any atom is 0.348 e. The average Bonchev–Trinajstić information content (AvgIpc) is 2.79. The SMILES string of the molecule is Cc1cccc(S(=O)(=O)Nc2ccsc2C(=O)O)c1C. The van der Waals surface area contributed by atoms with Gasteiger partial charge in [0.05, 0.1) is 10.6 Å². The Morgan fingerprint density at radius 1 is 1.25 bits per heavy atom. The molecule has 0 atom stereocenters. The van der Waals surface area contributed by atoms with Crippen molar-refractivity contribution >= 4 is 33.0 Å². The van der Waals surface area contributed by atoms with E-state index in [1.807, 2.05) is 13.0 Å². The number of nitrogens with one attached hydrogen (secondary N) is 1. The van der Waals surface area contributed by atoms with Gasteiger partial charge in [0.2, 0.25) is 0 Å². The fourth-order valence-corrected chi connectivity index (χ4v) is 3.91. The minimum Gasteiger partial charge on any atom is -0.477 e. The van der Waals surface area contributed by atoms with Crippen molar-refractivity contribution in [2.24, 2.45) is 0 Å². The first-order chi connectivity index (χ1) is 9.33. The van der Waals surface area contributed by atoms with E-state index in [0.717, 1.165) is 16.9 Å². The molecule has 7 heteroatoms. The van der Waals surface area contributed by atoms with Gasteiger partial charge in [-0.05, 0) is 42.5 Å². The molecule has 1 aromatic heterocycles. The van der Waals surface area contributed by atoms with Crippen LogP contribution in [0.2, 0.25) is 0 Å². The molecule has 1 aromatic carbocycles. The van der Waals surface area contributed by atoms with E-state index >= 15 is 0 Å². The van der Waals surface area contributed by atoms with Gasteiger partial charge in [0.25, 0.3) is 10.0 Å². The van der Waals surface area contributed by atoms with E-state index in [-0.39, 0.29) is 15.5 Å². The Bertz CT molecular complexity index is 762. The zero-order valence-corrected chi connectivity index (χ0v) is 12.5. The Hall–Kier alpha value is -1.86. The summed E-state index contributed by atoms with van der Waals surface area (Å²) in [5.74, 6) is -1.15. The molecule has 5 nitrogen and oxygen atoms in total. The number of aryl methyl sites for hydroxylation is 1. The number of benzene rings is 1. The van der Waals surface area contributed by atoms with Crippen LogP contribution in [-0.4, -0.2) is 19.5 Å². The number of aromatic carboxylic acids is 1. The maximum absolute atomic E-state index is 12.3. The summed E-state index contributed by atoms with van der Waals surface area (Å²) in [6.07, 6.45) is 0. The van der Waals surface area contributed by atoms with Gasteiger partial charge in [-0.2, -0.15) is 0 Å². The molecule has 0 saturated heterocycles. The summed E-state index contributed by atoms with van der Waals surface area (Å²) in [5.41, 5.74) is 1.59. The number of thiophene rings is 1.